The summed E-state index contributed by atoms with van der Waals surface area (Å²) >= 11 is 0. The van der Waals surface area contributed by atoms with Crippen molar-refractivity contribution in [3.63, 3.8) is 0 Å². The van der Waals surface area contributed by atoms with Gasteiger partial charge in [-0.3, -0.25) is 4.79 Å². The van der Waals surface area contributed by atoms with Crippen LogP contribution in [0.1, 0.15) is 53.1 Å². The zero-order valence-electron chi connectivity index (χ0n) is 13.8. The van der Waals surface area contributed by atoms with Crippen LogP contribution in [0, 0.1) is 20.8 Å². The molecule has 1 aromatic heterocycles. The van der Waals surface area contributed by atoms with Crippen molar-refractivity contribution in [1.29, 1.82) is 0 Å². The first kappa shape index (κ1) is 15.6. The van der Waals surface area contributed by atoms with E-state index in [1.165, 1.54) is 12.8 Å². The highest BCUT2D eigenvalue weighted by Gasteiger charge is 2.20. The van der Waals surface area contributed by atoms with E-state index in [1.807, 2.05) is 25.1 Å². The highest BCUT2D eigenvalue weighted by Crippen LogP contribution is 2.30. The van der Waals surface area contributed by atoms with Gasteiger partial charge in [0.2, 0.25) is 0 Å². The smallest absolute Gasteiger partial charge is 0.261 e. The van der Waals surface area contributed by atoms with Gasteiger partial charge in [0.15, 0.2) is 0 Å². The number of hydrogen-bond acceptors (Lipinski definition) is 4. The Morgan fingerprint density at radius 3 is 2.65 bits per heavy atom. The van der Waals surface area contributed by atoms with E-state index in [9.17, 15) is 4.79 Å². The lowest BCUT2D eigenvalue weighted by molar-refractivity contribution is 0.102. The lowest BCUT2D eigenvalue weighted by Gasteiger charge is -2.17. The van der Waals surface area contributed by atoms with Crippen LogP contribution in [0.25, 0.3) is 0 Å². The molecule has 0 radical (unpaired) electrons. The second kappa shape index (κ2) is 6.44. The van der Waals surface area contributed by atoms with E-state index in [-0.39, 0.29) is 5.91 Å². The standard InChI is InChI=1S/C18H22N2O3/c1-11-15(19-18(21)17-12(2)20-23-13(17)3)9-6-10-16(11)22-14-7-4-5-8-14/h6,9-10,14H,4-5,7-8H2,1-3H3,(H,19,21). The normalized spacial score (nSPS) is 14.9. The summed E-state index contributed by atoms with van der Waals surface area (Å²) < 4.78 is 11.1. The number of ether oxygens (including phenoxy) is 1. The van der Waals surface area contributed by atoms with Gasteiger partial charge in [0.1, 0.15) is 17.1 Å². The first-order chi connectivity index (χ1) is 11.1. The molecule has 0 bridgehead atoms. The number of nitrogens with zero attached hydrogens (tertiary/aromatic N) is 1. The minimum absolute atomic E-state index is 0.206. The largest absolute Gasteiger partial charge is 0.490 e. The van der Waals surface area contributed by atoms with Crippen LogP contribution in [0.15, 0.2) is 22.7 Å². The summed E-state index contributed by atoms with van der Waals surface area (Å²) in [6.07, 6.45) is 4.96. The Morgan fingerprint density at radius 2 is 2.00 bits per heavy atom. The van der Waals surface area contributed by atoms with Gasteiger partial charge in [-0.05, 0) is 58.6 Å². The molecule has 1 N–H and O–H groups in total. The van der Waals surface area contributed by atoms with Crippen LogP contribution in [-0.4, -0.2) is 17.2 Å². The highest BCUT2D eigenvalue weighted by atomic mass is 16.5. The molecular weight excluding hydrogens is 292 g/mol. The van der Waals surface area contributed by atoms with Gasteiger partial charge in [0.25, 0.3) is 5.91 Å². The number of aromatic nitrogens is 1. The fourth-order valence-electron chi connectivity index (χ4n) is 3.06. The maximum Gasteiger partial charge on any atom is 0.261 e. The Labute approximate surface area is 136 Å². The van der Waals surface area contributed by atoms with Crippen molar-refractivity contribution in [2.45, 2.75) is 52.6 Å². The molecule has 1 heterocycles. The molecule has 2 aromatic rings. The molecule has 1 saturated carbocycles. The first-order valence-corrected chi connectivity index (χ1v) is 8.06. The van der Waals surface area contributed by atoms with Crippen molar-refractivity contribution in [1.82, 2.24) is 5.16 Å². The number of benzene rings is 1. The maximum atomic E-state index is 12.5. The Balaban J connectivity index is 1.79. The van der Waals surface area contributed by atoms with Crippen LogP contribution >= 0.6 is 0 Å². The number of aryl methyl sites for hydroxylation is 2. The maximum absolute atomic E-state index is 12.5. The van der Waals surface area contributed by atoms with Crippen molar-refractivity contribution in [3.8, 4) is 5.75 Å². The Kier molecular flexibility index (Phi) is 4.37. The van der Waals surface area contributed by atoms with Crippen LogP contribution in [0.2, 0.25) is 0 Å². The SMILES string of the molecule is Cc1noc(C)c1C(=O)Nc1cccc(OC2CCCC2)c1C. The van der Waals surface area contributed by atoms with Crippen LogP contribution in [0.4, 0.5) is 5.69 Å². The van der Waals surface area contributed by atoms with Crippen molar-refractivity contribution in [2.24, 2.45) is 0 Å². The fraction of sp³-hybridized carbons (Fsp3) is 0.444. The number of carbonyl (C=O) groups excluding carboxylic acids is 1. The first-order valence-electron chi connectivity index (χ1n) is 8.06. The van der Waals surface area contributed by atoms with E-state index >= 15 is 0 Å². The third-order valence-electron chi connectivity index (χ3n) is 4.39. The van der Waals surface area contributed by atoms with Gasteiger partial charge in [-0.25, -0.2) is 0 Å². The molecule has 0 atom stereocenters. The summed E-state index contributed by atoms with van der Waals surface area (Å²) in [7, 11) is 0. The number of hydrogen-bond donors (Lipinski definition) is 1. The lowest BCUT2D eigenvalue weighted by Crippen LogP contribution is -2.16. The third kappa shape index (κ3) is 3.23. The minimum Gasteiger partial charge on any atom is -0.490 e. The van der Waals surface area contributed by atoms with Crippen LogP contribution in [0.5, 0.6) is 5.75 Å². The van der Waals surface area contributed by atoms with Crippen molar-refractivity contribution in [3.05, 3.63) is 40.8 Å². The number of carbonyl (C=O) groups is 1. The van der Waals surface area contributed by atoms with Gasteiger partial charge in [-0.2, -0.15) is 0 Å². The minimum atomic E-state index is -0.206. The second-order valence-corrected chi connectivity index (χ2v) is 6.11. The van der Waals surface area contributed by atoms with E-state index in [0.29, 0.717) is 23.1 Å². The molecule has 3 rings (SSSR count). The Morgan fingerprint density at radius 1 is 1.26 bits per heavy atom. The number of anilines is 1. The topological polar surface area (TPSA) is 64.4 Å². The molecule has 1 aliphatic carbocycles. The van der Waals surface area contributed by atoms with E-state index in [4.69, 9.17) is 9.26 Å². The number of nitrogens with one attached hydrogen (secondary N) is 1. The number of rotatable bonds is 4. The molecule has 1 amide bonds. The van der Waals surface area contributed by atoms with Crippen LogP contribution < -0.4 is 10.1 Å². The van der Waals surface area contributed by atoms with E-state index < -0.39 is 0 Å². The van der Waals surface area contributed by atoms with Gasteiger partial charge in [0, 0.05) is 11.3 Å². The summed E-state index contributed by atoms with van der Waals surface area (Å²) in [6.45, 7) is 5.46. The average molecular weight is 314 g/mol. The van der Waals surface area contributed by atoms with Gasteiger partial charge in [0.05, 0.1) is 11.8 Å². The molecule has 0 aliphatic heterocycles. The molecule has 5 nitrogen and oxygen atoms in total. The molecule has 5 heteroatoms. The summed E-state index contributed by atoms with van der Waals surface area (Å²) in [6, 6.07) is 5.74. The second-order valence-electron chi connectivity index (χ2n) is 6.11. The summed E-state index contributed by atoms with van der Waals surface area (Å²) in [4.78, 5) is 12.5. The molecule has 1 fully saturated rings. The van der Waals surface area contributed by atoms with Crippen LogP contribution in [-0.2, 0) is 0 Å². The summed E-state index contributed by atoms with van der Waals surface area (Å²) in [5, 5.41) is 6.77. The zero-order valence-corrected chi connectivity index (χ0v) is 13.8. The van der Waals surface area contributed by atoms with Gasteiger partial charge in [-0.15, -0.1) is 0 Å². The van der Waals surface area contributed by atoms with E-state index in [0.717, 1.165) is 29.8 Å². The molecule has 1 aromatic carbocycles. The van der Waals surface area contributed by atoms with Crippen molar-refractivity contribution < 1.29 is 14.1 Å². The predicted molar refractivity (Wildman–Crippen MR) is 88.0 cm³/mol. The van der Waals surface area contributed by atoms with Crippen LogP contribution in [0.3, 0.4) is 0 Å². The van der Waals surface area contributed by atoms with E-state index in [1.54, 1.807) is 13.8 Å². The third-order valence-corrected chi connectivity index (χ3v) is 4.39. The van der Waals surface area contributed by atoms with Gasteiger partial charge >= 0.3 is 0 Å². The lowest BCUT2D eigenvalue weighted by atomic mass is 10.1. The van der Waals surface area contributed by atoms with Gasteiger partial charge in [-0.1, -0.05) is 11.2 Å². The summed E-state index contributed by atoms with van der Waals surface area (Å²) in [5.74, 6) is 1.16. The monoisotopic (exact) mass is 314 g/mol. The Bertz CT molecular complexity index is 696. The van der Waals surface area contributed by atoms with Crippen molar-refractivity contribution in [2.75, 3.05) is 5.32 Å². The fourth-order valence-corrected chi connectivity index (χ4v) is 3.06. The molecule has 0 spiro atoms. The molecule has 23 heavy (non-hydrogen) atoms. The Hall–Kier alpha value is -2.30. The van der Waals surface area contributed by atoms with E-state index in [2.05, 4.69) is 10.5 Å². The number of amides is 1. The predicted octanol–water partition coefficient (Wildman–Crippen LogP) is 4.17. The molecular formula is C18H22N2O3. The molecule has 0 saturated heterocycles. The quantitative estimate of drug-likeness (QED) is 0.919. The highest BCUT2D eigenvalue weighted by molar-refractivity contribution is 6.06. The molecule has 0 unspecified atom stereocenters. The molecule has 122 valence electrons. The summed E-state index contributed by atoms with van der Waals surface area (Å²) in [5.41, 5.74) is 2.78. The van der Waals surface area contributed by atoms with Gasteiger partial charge < -0.3 is 14.6 Å². The molecule has 1 aliphatic rings. The van der Waals surface area contributed by atoms with Crippen molar-refractivity contribution >= 4 is 11.6 Å². The average Bonchev–Trinajstić information content (AvgIpc) is 3.13. The zero-order chi connectivity index (χ0) is 16.4.